The molecule has 0 unspecified atom stereocenters. The van der Waals surface area contributed by atoms with E-state index in [2.05, 4.69) is 8.85 Å². The van der Waals surface area contributed by atoms with Crippen molar-refractivity contribution in [1.29, 1.82) is 0 Å². The zero-order valence-corrected chi connectivity index (χ0v) is 13.0. The Bertz CT molecular complexity index is 69.1. The first kappa shape index (κ1) is 17.9. The Morgan fingerprint density at radius 1 is 1.17 bits per heavy atom. The van der Waals surface area contributed by atoms with Crippen LogP contribution in [0.25, 0.3) is 0 Å². The highest BCUT2D eigenvalue weighted by molar-refractivity contribution is 6.22. The molecule has 0 bridgehead atoms. The standard InChI is InChI=1S/2C2H8OSi.H2O3Si/c2*1-2-3-4;1-4(2)3/h2*2H2,1,4H3;1-2H. The Morgan fingerprint density at radius 2 is 1.25 bits per heavy atom. The maximum absolute atomic E-state index is 8.74. The molecule has 0 radical (unpaired) electrons. The van der Waals surface area contributed by atoms with Crippen LogP contribution in [0.4, 0.5) is 0 Å². The van der Waals surface area contributed by atoms with Gasteiger partial charge in [0.15, 0.2) is 0 Å². The topological polar surface area (TPSA) is 76.0 Å². The molecule has 76 valence electrons. The molecule has 0 aliphatic heterocycles. The quantitative estimate of drug-likeness (QED) is 0.494. The molecule has 0 fully saturated rings. The van der Waals surface area contributed by atoms with Gasteiger partial charge in [-0.2, -0.15) is 0 Å². The third-order valence-corrected chi connectivity index (χ3v) is 1.73. The lowest BCUT2D eigenvalue weighted by atomic mass is 10.9. The summed E-state index contributed by atoms with van der Waals surface area (Å²) in [5.74, 6) is 0. The Hall–Kier alpha value is -0.0294. The van der Waals surface area contributed by atoms with Crippen molar-refractivity contribution >= 4 is 30.1 Å². The SMILES string of the molecule is CCO[SiH3].CCO[SiH3].O=[Si](O)O. The van der Waals surface area contributed by atoms with Gasteiger partial charge in [0.1, 0.15) is 21.0 Å². The molecular weight excluding hydrogens is 212 g/mol. The summed E-state index contributed by atoms with van der Waals surface area (Å²) in [5.41, 5.74) is 0. The molecule has 0 aliphatic carbocycles. The summed E-state index contributed by atoms with van der Waals surface area (Å²) in [6.45, 7) is 5.75. The van der Waals surface area contributed by atoms with Crippen LogP contribution in [0.1, 0.15) is 13.8 Å². The van der Waals surface area contributed by atoms with Gasteiger partial charge in [0, 0.05) is 13.2 Å². The van der Waals surface area contributed by atoms with E-state index in [9.17, 15) is 0 Å². The lowest BCUT2D eigenvalue weighted by Gasteiger charge is -1.77. The van der Waals surface area contributed by atoms with Gasteiger partial charge in [-0.05, 0) is 13.8 Å². The van der Waals surface area contributed by atoms with E-state index >= 15 is 0 Å². The summed E-state index contributed by atoms with van der Waals surface area (Å²) >= 11 is 0. The van der Waals surface area contributed by atoms with Crippen molar-refractivity contribution in [2.24, 2.45) is 0 Å². The van der Waals surface area contributed by atoms with Crippen LogP contribution < -0.4 is 0 Å². The lowest BCUT2D eigenvalue weighted by Crippen LogP contribution is -1.90. The third kappa shape index (κ3) is 207. The second-order valence-corrected chi connectivity index (χ2v) is 3.16. The first-order chi connectivity index (χ1) is 5.56. The van der Waals surface area contributed by atoms with Crippen molar-refractivity contribution in [3.8, 4) is 0 Å². The summed E-state index contributed by atoms with van der Waals surface area (Å²) in [7, 11) is -1.35. The van der Waals surface area contributed by atoms with E-state index in [1.807, 2.05) is 13.8 Å². The average molecular weight is 230 g/mol. The van der Waals surface area contributed by atoms with E-state index in [-0.39, 0.29) is 0 Å². The highest BCUT2D eigenvalue weighted by atomic mass is 28.3. The zero-order chi connectivity index (χ0) is 10.4. The van der Waals surface area contributed by atoms with Gasteiger partial charge in [0.25, 0.3) is 0 Å². The van der Waals surface area contributed by atoms with Gasteiger partial charge < -0.3 is 18.4 Å². The van der Waals surface area contributed by atoms with Crippen molar-refractivity contribution in [1.82, 2.24) is 0 Å². The average Bonchev–Trinajstić information content (AvgIpc) is 2.03. The molecule has 0 aromatic rings. The van der Waals surface area contributed by atoms with Crippen LogP contribution in [0.2, 0.25) is 0 Å². The van der Waals surface area contributed by atoms with Gasteiger partial charge in [-0.15, -0.1) is 0 Å². The molecule has 0 aliphatic rings. The maximum atomic E-state index is 8.74. The molecule has 2 N–H and O–H groups in total. The van der Waals surface area contributed by atoms with Gasteiger partial charge in [-0.25, -0.2) is 0 Å². The smallest absolute Gasteiger partial charge is 0.511 e. The second kappa shape index (κ2) is 22.4. The number of rotatable bonds is 2. The van der Waals surface area contributed by atoms with Gasteiger partial charge in [-0.3, -0.25) is 4.46 Å². The molecule has 0 saturated heterocycles. The summed E-state index contributed by atoms with van der Waals surface area (Å²) in [4.78, 5) is 14.3. The van der Waals surface area contributed by atoms with E-state index < -0.39 is 9.17 Å². The predicted molar refractivity (Wildman–Crippen MR) is 54.0 cm³/mol. The minimum Gasteiger partial charge on any atom is -0.511 e. The fourth-order valence-corrected chi connectivity index (χ4v) is 0. The van der Waals surface area contributed by atoms with E-state index in [0.717, 1.165) is 34.2 Å². The summed E-state index contributed by atoms with van der Waals surface area (Å²) in [6.07, 6.45) is 0. The Labute approximate surface area is 80.7 Å². The summed E-state index contributed by atoms with van der Waals surface area (Å²) < 4.78 is 18.1. The first-order valence-electron chi connectivity index (χ1n) is 3.46. The van der Waals surface area contributed by atoms with Gasteiger partial charge in [0.05, 0.1) is 0 Å². The zero-order valence-electron chi connectivity index (χ0n) is 8.03. The van der Waals surface area contributed by atoms with Crippen LogP contribution in [0.5, 0.6) is 0 Å². The molecule has 0 aromatic carbocycles. The second-order valence-electron chi connectivity index (χ2n) is 1.44. The molecule has 0 spiro atoms. The van der Waals surface area contributed by atoms with Gasteiger partial charge in [-0.1, -0.05) is 0 Å². The molecule has 0 saturated carbocycles. The van der Waals surface area contributed by atoms with E-state index in [1.165, 1.54) is 0 Å². The van der Waals surface area contributed by atoms with Crippen LogP contribution in [0.15, 0.2) is 0 Å². The normalized spacial score (nSPS) is 7.50. The van der Waals surface area contributed by atoms with Crippen LogP contribution in [0.3, 0.4) is 0 Å². The predicted octanol–water partition coefficient (Wildman–Crippen LogP) is -3.01. The first-order valence-corrected chi connectivity index (χ1v) is 6.40. The third-order valence-electron chi connectivity index (χ3n) is 0.577. The van der Waals surface area contributed by atoms with Crippen molar-refractivity contribution in [2.45, 2.75) is 13.8 Å². The number of hydrogen-bond acceptors (Lipinski definition) is 3. The van der Waals surface area contributed by atoms with Crippen LogP contribution in [-0.2, 0) is 13.3 Å². The van der Waals surface area contributed by atoms with Gasteiger partial charge in [0.2, 0.25) is 0 Å². The molecule has 5 nitrogen and oxygen atoms in total. The molecular formula is C4H18O5Si3. The minimum atomic E-state index is -3.13. The minimum absolute atomic E-state index is 0.881. The van der Waals surface area contributed by atoms with Crippen LogP contribution >= 0.6 is 0 Å². The highest BCUT2D eigenvalue weighted by Gasteiger charge is 1.85. The molecule has 8 heteroatoms. The number of hydrogen-bond donors (Lipinski definition) is 2. The van der Waals surface area contributed by atoms with E-state index in [4.69, 9.17) is 14.1 Å². The van der Waals surface area contributed by atoms with E-state index in [1.54, 1.807) is 0 Å². The van der Waals surface area contributed by atoms with Gasteiger partial charge >= 0.3 is 9.17 Å². The van der Waals surface area contributed by atoms with Crippen molar-refractivity contribution in [3.63, 3.8) is 0 Å². The molecule has 0 aromatic heterocycles. The van der Waals surface area contributed by atoms with Crippen molar-refractivity contribution < 1.29 is 22.9 Å². The Morgan fingerprint density at radius 3 is 1.25 bits per heavy atom. The largest absolute Gasteiger partial charge is 0.761 e. The fraction of sp³-hybridized carbons (Fsp3) is 1.00. The van der Waals surface area contributed by atoms with Crippen molar-refractivity contribution in [2.75, 3.05) is 13.2 Å². The lowest BCUT2D eigenvalue weighted by molar-refractivity contribution is 0.330. The van der Waals surface area contributed by atoms with Crippen LogP contribution in [-0.4, -0.2) is 52.9 Å². The maximum Gasteiger partial charge on any atom is 0.761 e. The Balaban J connectivity index is -0.000000101. The van der Waals surface area contributed by atoms with E-state index in [0.29, 0.717) is 0 Å². The summed E-state index contributed by atoms with van der Waals surface area (Å²) in [6, 6.07) is 0. The molecule has 12 heavy (non-hydrogen) atoms. The summed E-state index contributed by atoms with van der Waals surface area (Å²) in [5, 5.41) is 0. The van der Waals surface area contributed by atoms with Crippen LogP contribution in [0, 0.1) is 0 Å². The van der Waals surface area contributed by atoms with Crippen molar-refractivity contribution in [3.05, 3.63) is 0 Å². The molecule has 0 atom stereocenters. The molecule has 0 rings (SSSR count). The molecule has 0 heterocycles. The molecule has 0 amide bonds. The highest BCUT2D eigenvalue weighted by Crippen LogP contribution is 1.50. The fourth-order valence-electron chi connectivity index (χ4n) is 0. The Kier molecular flexibility index (Phi) is 33.5. The monoisotopic (exact) mass is 230 g/mol.